The van der Waals surface area contributed by atoms with Crippen LogP contribution < -0.4 is 5.73 Å². The second-order valence-electron chi connectivity index (χ2n) is 3.80. The summed E-state index contributed by atoms with van der Waals surface area (Å²) in [7, 11) is 0. The molecular weight excluding hydrogens is 136 g/mol. The topological polar surface area (TPSA) is 29.3 Å². The van der Waals surface area contributed by atoms with Crippen molar-refractivity contribution in [1.29, 1.82) is 0 Å². The Kier molecular flexibility index (Phi) is 2.90. The molecule has 1 atom stereocenters. The number of hydrogen-bond donors (Lipinski definition) is 1. The van der Waals surface area contributed by atoms with Gasteiger partial charge in [0.25, 0.3) is 0 Å². The highest BCUT2D eigenvalue weighted by atomic mass is 15.3. The summed E-state index contributed by atoms with van der Waals surface area (Å²) in [5, 5.41) is 0. The zero-order valence-corrected chi connectivity index (χ0v) is 7.77. The third-order valence-corrected chi connectivity index (χ3v) is 2.61. The van der Waals surface area contributed by atoms with Gasteiger partial charge in [-0.1, -0.05) is 13.3 Å². The molecule has 0 aromatic rings. The second kappa shape index (κ2) is 3.55. The SMILES string of the molecule is CCCCN1CCCC1(C)N. The molecule has 1 aliphatic heterocycles. The van der Waals surface area contributed by atoms with Gasteiger partial charge in [0.2, 0.25) is 0 Å². The molecule has 0 radical (unpaired) electrons. The lowest BCUT2D eigenvalue weighted by molar-refractivity contribution is 0.160. The van der Waals surface area contributed by atoms with Crippen molar-refractivity contribution in [2.75, 3.05) is 13.1 Å². The molecule has 1 aliphatic rings. The number of rotatable bonds is 3. The molecule has 0 aromatic carbocycles. The van der Waals surface area contributed by atoms with E-state index in [1.165, 1.54) is 32.4 Å². The summed E-state index contributed by atoms with van der Waals surface area (Å²) in [6, 6.07) is 0. The van der Waals surface area contributed by atoms with E-state index in [1.807, 2.05) is 0 Å². The van der Waals surface area contributed by atoms with E-state index in [0.717, 1.165) is 6.42 Å². The second-order valence-corrected chi connectivity index (χ2v) is 3.80. The lowest BCUT2D eigenvalue weighted by Crippen LogP contribution is -2.49. The molecule has 0 bridgehead atoms. The zero-order chi connectivity index (χ0) is 8.32. The molecule has 1 unspecified atom stereocenters. The lowest BCUT2D eigenvalue weighted by Gasteiger charge is -2.31. The van der Waals surface area contributed by atoms with Crippen molar-refractivity contribution in [2.45, 2.75) is 45.2 Å². The Labute approximate surface area is 69.8 Å². The van der Waals surface area contributed by atoms with Crippen LogP contribution in [0.25, 0.3) is 0 Å². The van der Waals surface area contributed by atoms with Crippen LogP contribution in [0.3, 0.4) is 0 Å². The fourth-order valence-corrected chi connectivity index (χ4v) is 1.76. The minimum atomic E-state index is -0.00479. The van der Waals surface area contributed by atoms with E-state index >= 15 is 0 Å². The van der Waals surface area contributed by atoms with E-state index in [4.69, 9.17) is 5.73 Å². The van der Waals surface area contributed by atoms with Crippen molar-refractivity contribution in [1.82, 2.24) is 4.90 Å². The van der Waals surface area contributed by atoms with Crippen LogP contribution in [-0.2, 0) is 0 Å². The molecular formula is C9H20N2. The van der Waals surface area contributed by atoms with Gasteiger partial charge in [-0.3, -0.25) is 4.90 Å². The number of unbranched alkanes of at least 4 members (excludes halogenated alkanes) is 1. The van der Waals surface area contributed by atoms with E-state index in [2.05, 4.69) is 18.7 Å². The first kappa shape index (κ1) is 9.01. The van der Waals surface area contributed by atoms with Crippen LogP contribution in [-0.4, -0.2) is 23.7 Å². The van der Waals surface area contributed by atoms with E-state index in [-0.39, 0.29) is 5.66 Å². The van der Waals surface area contributed by atoms with Crippen LogP contribution in [0.4, 0.5) is 0 Å². The van der Waals surface area contributed by atoms with Gasteiger partial charge >= 0.3 is 0 Å². The molecule has 2 N–H and O–H groups in total. The summed E-state index contributed by atoms with van der Waals surface area (Å²) in [6.45, 7) is 6.76. The fraction of sp³-hybridized carbons (Fsp3) is 1.00. The molecule has 0 amide bonds. The molecule has 11 heavy (non-hydrogen) atoms. The zero-order valence-electron chi connectivity index (χ0n) is 7.77. The van der Waals surface area contributed by atoms with Gasteiger partial charge in [-0.2, -0.15) is 0 Å². The number of nitrogens with zero attached hydrogens (tertiary/aromatic N) is 1. The largest absolute Gasteiger partial charge is 0.313 e. The summed E-state index contributed by atoms with van der Waals surface area (Å²) in [6.07, 6.45) is 4.99. The Morgan fingerprint density at radius 3 is 2.73 bits per heavy atom. The van der Waals surface area contributed by atoms with Gasteiger partial charge in [-0.15, -0.1) is 0 Å². The van der Waals surface area contributed by atoms with Crippen molar-refractivity contribution >= 4 is 0 Å². The third kappa shape index (κ3) is 2.17. The van der Waals surface area contributed by atoms with Gasteiger partial charge in [-0.05, 0) is 39.3 Å². The van der Waals surface area contributed by atoms with Gasteiger partial charge in [0.1, 0.15) is 0 Å². The monoisotopic (exact) mass is 156 g/mol. The number of hydrogen-bond acceptors (Lipinski definition) is 2. The minimum absolute atomic E-state index is 0.00479. The Hall–Kier alpha value is -0.0800. The third-order valence-electron chi connectivity index (χ3n) is 2.61. The molecule has 1 fully saturated rings. The average Bonchev–Trinajstić information content (AvgIpc) is 2.25. The quantitative estimate of drug-likeness (QED) is 0.672. The maximum absolute atomic E-state index is 6.09. The Morgan fingerprint density at radius 1 is 1.55 bits per heavy atom. The van der Waals surface area contributed by atoms with Crippen molar-refractivity contribution < 1.29 is 0 Å². The van der Waals surface area contributed by atoms with Crippen molar-refractivity contribution in [3.63, 3.8) is 0 Å². The van der Waals surface area contributed by atoms with Crippen molar-refractivity contribution in [3.05, 3.63) is 0 Å². The maximum Gasteiger partial charge on any atom is 0.0658 e. The molecule has 0 spiro atoms. The smallest absolute Gasteiger partial charge is 0.0658 e. The molecule has 1 heterocycles. The van der Waals surface area contributed by atoms with Gasteiger partial charge < -0.3 is 5.73 Å². The first-order valence-corrected chi connectivity index (χ1v) is 4.71. The standard InChI is InChI=1S/C9H20N2/c1-3-4-7-11-8-5-6-9(11,2)10/h3-8,10H2,1-2H3. The van der Waals surface area contributed by atoms with Crippen molar-refractivity contribution in [2.24, 2.45) is 5.73 Å². The van der Waals surface area contributed by atoms with Crippen LogP contribution in [0.15, 0.2) is 0 Å². The maximum atomic E-state index is 6.09. The van der Waals surface area contributed by atoms with Crippen LogP contribution in [0, 0.1) is 0 Å². The predicted molar refractivity (Wildman–Crippen MR) is 48.3 cm³/mol. The Morgan fingerprint density at radius 2 is 2.27 bits per heavy atom. The molecule has 1 rings (SSSR count). The summed E-state index contributed by atoms with van der Waals surface area (Å²) in [5.74, 6) is 0. The molecule has 2 heteroatoms. The van der Waals surface area contributed by atoms with Gasteiger partial charge in [0.05, 0.1) is 5.66 Å². The normalized spacial score (nSPS) is 33.0. The van der Waals surface area contributed by atoms with Crippen LogP contribution in [0.1, 0.15) is 39.5 Å². The highest BCUT2D eigenvalue weighted by molar-refractivity contribution is 4.85. The highest BCUT2D eigenvalue weighted by Gasteiger charge is 2.31. The Balaban J connectivity index is 2.32. The number of nitrogens with two attached hydrogens (primary N) is 1. The van der Waals surface area contributed by atoms with Gasteiger partial charge in [-0.25, -0.2) is 0 Å². The van der Waals surface area contributed by atoms with E-state index in [0.29, 0.717) is 0 Å². The molecule has 2 nitrogen and oxygen atoms in total. The van der Waals surface area contributed by atoms with Crippen molar-refractivity contribution in [3.8, 4) is 0 Å². The van der Waals surface area contributed by atoms with Crippen LogP contribution in [0.2, 0.25) is 0 Å². The molecule has 0 aromatic heterocycles. The molecule has 0 aliphatic carbocycles. The van der Waals surface area contributed by atoms with E-state index in [1.54, 1.807) is 0 Å². The minimum Gasteiger partial charge on any atom is -0.313 e. The summed E-state index contributed by atoms with van der Waals surface area (Å²) >= 11 is 0. The first-order chi connectivity index (χ1) is 5.17. The summed E-state index contributed by atoms with van der Waals surface area (Å²) < 4.78 is 0. The fourth-order valence-electron chi connectivity index (χ4n) is 1.76. The van der Waals surface area contributed by atoms with Gasteiger partial charge in [0.15, 0.2) is 0 Å². The highest BCUT2D eigenvalue weighted by Crippen LogP contribution is 2.23. The average molecular weight is 156 g/mol. The predicted octanol–water partition coefficient (Wildman–Crippen LogP) is 1.56. The number of likely N-dealkylation sites (tertiary alicyclic amines) is 1. The molecule has 66 valence electrons. The van der Waals surface area contributed by atoms with Gasteiger partial charge in [0, 0.05) is 0 Å². The van der Waals surface area contributed by atoms with E-state index in [9.17, 15) is 0 Å². The summed E-state index contributed by atoms with van der Waals surface area (Å²) in [4.78, 5) is 2.41. The lowest BCUT2D eigenvalue weighted by atomic mass is 10.1. The first-order valence-electron chi connectivity index (χ1n) is 4.71. The summed E-state index contributed by atoms with van der Waals surface area (Å²) in [5.41, 5.74) is 6.08. The van der Waals surface area contributed by atoms with E-state index < -0.39 is 0 Å². The molecule has 0 saturated carbocycles. The Bertz CT molecular complexity index is 121. The molecule has 1 saturated heterocycles. The van der Waals surface area contributed by atoms with Crippen LogP contribution in [0.5, 0.6) is 0 Å². The van der Waals surface area contributed by atoms with Crippen LogP contribution >= 0.6 is 0 Å².